The molecule has 3 N–H and O–H groups in total. The van der Waals surface area contributed by atoms with Crippen LogP contribution < -0.4 is 15.2 Å². The summed E-state index contributed by atoms with van der Waals surface area (Å²) in [6.45, 7) is 2.48. The van der Waals surface area contributed by atoms with Crippen LogP contribution in [0.2, 0.25) is 0 Å². The molecule has 0 aromatic heterocycles. The molecule has 0 bridgehead atoms. The normalized spacial score (nSPS) is 11.6. The van der Waals surface area contributed by atoms with Gasteiger partial charge in [0.1, 0.15) is 5.75 Å². The van der Waals surface area contributed by atoms with Crippen molar-refractivity contribution in [3.63, 3.8) is 0 Å². The van der Waals surface area contributed by atoms with E-state index in [-0.39, 0.29) is 0 Å². The first-order valence-corrected chi connectivity index (χ1v) is 7.52. The third kappa shape index (κ3) is 4.29. The molecule has 0 amide bonds. The average Bonchev–Trinajstić information content (AvgIpc) is 2.35. The van der Waals surface area contributed by atoms with Crippen LogP contribution in [-0.2, 0) is 10.2 Å². The van der Waals surface area contributed by atoms with Gasteiger partial charge in [0.15, 0.2) is 0 Å². The lowest BCUT2D eigenvalue weighted by Gasteiger charge is -2.19. The minimum Gasteiger partial charge on any atom is -0.495 e. The van der Waals surface area contributed by atoms with Crippen LogP contribution in [-0.4, -0.2) is 33.4 Å². The molecule has 19 heavy (non-hydrogen) atoms. The Morgan fingerprint density at radius 1 is 1.42 bits per heavy atom. The Kier molecular flexibility index (Phi) is 5.44. The summed E-state index contributed by atoms with van der Waals surface area (Å²) in [5.41, 5.74) is 6.46. The number of anilines is 2. The highest BCUT2D eigenvalue weighted by Gasteiger charge is 2.18. The number of methoxy groups -OCH3 is 1. The highest BCUT2D eigenvalue weighted by Crippen LogP contribution is 2.27. The number of hydrogen-bond acceptors (Lipinski definition) is 4. The molecule has 0 atom stereocenters. The summed E-state index contributed by atoms with van der Waals surface area (Å²) in [6, 6.07) is 4.81. The standard InChI is InChI=1S/C12H21N3O3S/c1-4-5-8-15(2)19(16,17)14-11-9-10(13)6-7-12(11)18-3/h6-7,9,14H,4-5,8,13H2,1-3H3. The maximum absolute atomic E-state index is 12.1. The Labute approximate surface area is 114 Å². The predicted molar refractivity (Wildman–Crippen MR) is 77.5 cm³/mol. The predicted octanol–water partition coefficient (Wildman–Crippen LogP) is 1.67. The smallest absolute Gasteiger partial charge is 0.301 e. The quantitative estimate of drug-likeness (QED) is 0.747. The summed E-state index contributed by atoms with van der Waals surface area (Å²) in [4.78, 5) is 0. The first-order valence-electron chi connectivity index (χ1n) is 6.08. The topological polar surface area (TPSA) is 84.7 Å². The molecule has 0 aliphatic carbocycles. The zero-order valence-electron chi connectivity index (χ0n) is 11.5. The fraction of sp³-hybridized carbons (Fsp3) is 0.500. The van der Waals surface area contributed by atoms with Crippen molar-refractivity contribution in [3.8, 4) is 5.75 Å². The van der Waals surface area contributed by atoms with E-state index in [0.29, 0.717) is 23.7 Å². The molecule has 1 aromatic carbocycles. The van der Waals surface area contributed by atoms with E-state index in [0.717, 1.165) is 12.8 Å². The van der Waals surface area contributed by atoms with Crippen LogP contribution in [0.15, 0.2) is 18.2 Å². The van der Waals surface area contributed by atoms with Gasteiger partial charge in [-0.15, -0.1) is 0 Å². The minimum atomic E-state index is -3.59. The molecule has 1 aromatic rings. The van der Waals surface area contributed by atoms with Gasteiger partial charge < -0.3 is 10.5 Å². The van der Waals surface area contributed by atoms with E-state index in [9.17, 15) is 8.42 Å². The maximum Gasteiger partial charge on any atom is 0.301 e. The zero-order valence-corrected chi connectivity index (χ0v) is 12.3. The van der Waals surface area contributed by atoms with Gasteiger partial charge in [-0.25, -0.2) is 0 Å². The van der Waals surface area contributed by atoms with Crippen molar-refractivity contribution in [3.05, 3.63) is 18.2 Å². The van der Waals surface area contributed by atoms with Gasteiger partial charge in [-0.05, 0) is 24.6 Å². The molecule has 0 saturated heterocycles. The molecule has 0 unspecified atom stereocenters. The van der Waals surface area contributed by atoms with Crippen molar-refractivity contribution in [1.82, 2.24) is 4.31 Å². The number of ether oxygens (including phenoxy) is 1. The van der Waals surface area contributed by atoms with E-state index in [1.165, 1.54) is 24.5 Å². The second kappa shape index (κ2) is 6.63. The van der Waals surface area contributed by atoms with E-state index >= 15 is 0 Å². The second-order valence-electron chi connectivity index (χ2n) is 4.24. The molecule has 0 aliphatic heterocycles. The summed E-state index contributed by atoms with van der Waals surface area (Å²) in [5, 5.41) is 0. The average molecular weight is 287 g/mol. The highest BCUT2D eigenvalue weighted by molar-refractivity contribution is 7.90. The van der Waals surface area contributed by atoms with E-state index in [1.54, 1.807) is 12.1 Å². The van der Waals surface area contributed by atoms with Crippen molar-refractivity contribution >= 4 is 21.6 Å². The van der Waals surface area contributed by atoms with Gasteiger partial charge in [-0.3, -0.25) is 4.72 Å². The van der Waals surface area contributed by atoms with Crippen LogP contribution in [0.3, 0.4) is 0 Å². The van der Waals surface area contributed by atoms with Crippen LogP contribution in [0.5, 0.6) is 5.75 Å². The van der Waals surface area contributed by atoms with Crippen molar-refractivity contribution in [2.45, 2.75) is 19.8 Å². The second-order valence-corrected chi connectivity index (χ2v) is 6.02. The van der Waals surface area contributed by atoms with E-state index in [2.05, 4.69) is 4.72 Å². The lowest BCUT2D eigenvalue weighted by atomic mass is 10.2. The van der Waals surface area contributed by atoms with Gasteiger partial charge in [0.2, 0.25) is 0 Å². The van der Waals surface area contributed by atoms with E-state index in [4.69, 9.17) is 10.5 Å². The molecule has 1 rings (SSSR count). The molecule has 0 spiro atoms. The Morgan fingerprint density at radius 2 is 2.11 bits per heavy atom. The first-order chi connectivity index (χ1) is 8.90. The number of nitrogens with one attached hydrogen (secondary N) is 1. The lowest BCUT2D eigenvalue weighted by molar-refractivity contribution is 0.416. The Morgan fingerprint density at radius 3 is 2.68 bits per heavy atom. The van der Waals surface area contributed by atoms with E-state index in [1.807, 2.05) is 6.92 Å². The number of benzene rings is 1. The third-order valence-electron chi connectivity index (χ3n) is 2.70. The van der Waals surface area contributed by atoms with Crippen LogP contribution in [0.4, 0.5) is 11.4 Å². The van der Waals surface area contributed by atoms with Crippen molar-refractivity contribution in [1.29, 1.82) is 0 Å². The van der Waals surface area contributed by atoms with Crippen LogP contribution >= 0.6 is 0 Å². The minimum absolute atomic E-state index is 0.339. The van der Waals surface area contributed by atoms with Crippen molar-refractivity contribution in [2.75, 3.05) is 31.2 Å². The van der Waals surface area contributed by atoms with Gasteiger partial charge >= 0.3 is 10.2 Å². The highest BCUT2D eigenvalue weighted by atomic mass is 32.2. The van der Waals surface area contributed by atoms with Crippen LogP contribution in [0, 0.1) is 0 Å². The number of nitrogen functional groups attached to an aromatic ring is 1. The number of unbranched alkanes of at least 4 members (excludes halogenated alkanes) is 1. The van der Waals surface area contributed by atoms with Crippen LogP contribution in [0.25, 0.3) is 0 Å². The van der Waals surface area contributed by atoms with Gasteiger partial charge in [0.25, 0.3) is 0 Å². The molecular weight excluding hydrogens is 266 g/mol. The van der Waals surface area contributed by atoms with E-state index < -0.39 is 10.2 Å². The fourth-order valence-electron chi connectivity index (χ4n) is 1.52. The Bertz CT molecular complexity index is 517. The number of hydrogen-bond donors (Lipinski definition) is 2. The molecule has 6 nitrogen and oxygen atoms in total. The summed E-state index contributed by atoms with van der Waals surface area (Å²) in [7, 11) is -0.572. The number of rotatable bonds is 7. The third-order valence-corrected chi connectivity index (χ3v) is 4.18. The van der Waals surface area contributed by atoms with Gasteiger partial charge in [0.05, 0.1) is 12.8 Å². The molecule has 7 heteroatoms. The Hall–Kier alpha value is -1.47. The molecule has 108 valence electrons. The SMILES string of the molecule is CCCCN(C)S(=O)(=O)Nc1cc(N)ccc1OC. The maximum atomic E-state index is 12.1. The summed E-state index contributed by atoms with van der Waals surface area (Å²) < 4.78 is 33.1. The van der Waals surface area contributed by atoms with Crippen molar-refractivity contribution < 1.29 is 13.2 Å². The van der Waals surface area contributed by atoms with Gasteiger partial charge in [0, 0.05) is 19.3 Å². The van der Waals surface area contributed by atoms with Crippen LogP contribution in [0.1, 0.15) is 19.8 Å². The molecule has 0 fully saturated rings. The first kappa shape index (κ1) is 15.6. The number of nitrogens with zero attached hydrogens (tertiary/aromatic N) is 1. The zero-order chi connectivity index (χ0) is 14.5. The monoisotopic (exact) mass is 287 g/mol. The molecule has 0 heterocycles. The van der Waals surface area contributed by atoms with Gasteiger partial charge in [-0.2, -0.15) is 12.7 Å². The van der Waals surface area contributed by atoms with Gasteiger partial charge in [-0.1, -0.05) is 13.3 Å². The molecular formula is C12H21N3O3S. The van der Waals surface area contributed by atoms with Crippen molar-refractivity contribution in [2.24, 2.45) is 0 Å². The lowest BCUT2D eigenvalue weighted by Crippen LogP contribution is -2.33. The molecule has 0 aliphatic rings. The molecule has 0 radical (unpaired) electrons. The fourth-order valence-corrected chi connectivity index (χ4v) is 2.49. The summed E-state index contributed by atoms with van der Waals surface area (Å²) in [5.74, 6) is 0.432. The largest absolute Gasteiger partial charge is 0.495 e. The summed E-state index contributed by atoms with van der Waals surface area (Å²) in [6.07, 6.45) is 1.74. The molecule has 0 saturated carbocycles. The number of nitrogens with two attached hydrogens (primary N) is 1. The summed E-state index contributed by atoms with van der Waals surface area (Å²) >= 11 is 0. The Balaban J connectivity index is 2.91.